The highest BCUT2D eigenvalue weighted by molar-refractivity contribution is 7.98. The fourth-order valence-electron chi connectivity index (χ4n) is 2.95. The van der Waals surface area contributed by atoms with Crippen molar-refractivity contribution in [2.75, 3.05) is 12.0 Å². The van der Waals surface area contributed by atoms with Gasteiger partial charge in [0.15, 0.2) is 0 Å². The van der Waals surface area contributed by atoms with Gasteiger partial charge in [0.05, 0.1) is 18.7 Å². The van der Waals surface area contributed by atoms with Gasteiger partial charge in [-0.05, 0) is 24.5 Å². The van der Waals surface area contributed by atoms with Crippen molar-refractivity contribution >= 4 is 46.5 Å². The van der Waals surface area contributed by atoms with Crippen LogP contribution in [0.1, 0.15) is 18.4 Å². The first-order chi connectivity index (χ1) is 14.7. The predicted molar refractivity (Wildman–Crippen MR) is 115 cm³/mol. The van der Waals surface area contributed by atoms with Gasteiger partial charge in [-0.15, -0.1) is 0 Å². The van der Waals surface area contributed by atoms with Crippen molar-refractivity contribution in [2.45, 2.75) is 37.4 Å². The van der Waals surface area contributed by atoms with Gasteiger partial charge in [0.25, 0.3) is 0 Å². The number of thioether (sulfide) groups is 1. The molecule has 0 radical (unpaired) electrons. The van der Waals surface area contributed by atoms with E-state index < -0.39 is 48.3 Å². The number of carboxylic acids is 2. The number of fused-ring (bicyclic) bond motifs is 1. The van der Waals surface area contributed by atoms with E-state index in [0.717, 1.165) is 10.9 Å². The van der Waals surface area contributed by atoms with Crippen LogP contribution in [0.5, 0.6) is 0 Å². The molecule has 6 N–H and O–H groups in total. The molecule has 168 valence electrons. The second-order valence-electron chi connectivity index (χ2n) is 6.91. The maximum atomic E-state index is 12.6. The van der Waals surface area contributed by atoms with Gasteiger partial charge in [0.1, 0.15) is 17.7 Å². The smallest absolute Gasteiger partial charge is 0.326 e. The minimum Gasteiger partial charge on any atom is -0.481 e. The van der Waals surface area contributed by atoms with Gasteiger partial charge >= 0.3 is 11.9 Å². The molecule has 10 nitrogen and oxygen atoms in total. The molecule has 11 heteroatoms. The average molecular weight is 452 g/mol. The zero-order valence-corrected chi connectivity index (χ0v) is 17.7. The Hall–Kier alpha value is -3.05. The quantitative estimate of drug-likeness (QED) is 0.309. The Kier molecular flexibility index (Phi) is 8.88. The third-order valence-corrected chi connectivity index (χ3v) is 5.22. The van der Waals surface area contributed by atoms with Gasteiger partial charge in [-0.1, -0.05) is 18.2 Å². The van der Waals surface area contributed by atoms with Crippen molar-refractivity contribution in [3.8, 4) is 0 Å². The van der Waals surface area contributed by atoms with E-state index in [-0.39, 0.29) is 12.8 Å². The fraction of sp³-hybridized carbons (Fsp3) is 0.400. The largest absolute Gasteiger partial charge is 0.481 e. The second-order valence-corrected chi connectivity index (χ2v) is 7.89. The Labute approximate surface area is 182 Å². The lowest BCUT2D eigenvalue weighted by atomic mass is 10.0. The van der Waals surface area contributed by atoms with Crippen molar-refractivity contribution in [2.24, 2.45) is 5.73 Å². The van der Waals surface area contributed by atoms with E-state index >= 15 is 0 Å². The van der Waals surface area contributed by atoms with Crippen LogP contribution in [0.25, 0.3) is 11.0 Å². The maximum absolute atomic E-state index is 12.6. The van der Waals surface area contributed by atoms with Crippen molar-refractivity contribution in [3.63, 3.8) is 0 Å². The average Bonchev–Trinajstić information content (AvgIpc) is 3.12. The van der Waals surface area contributed by atoms with Crippen LogP contribution in [0.3, 0.4) is 0 Å². The highest BCUT2D eigenvalue weighted by atomic mass is 32.2. The molecule has 0 spiro atoms. The number of hydrogen-bond donors (Lipinski definition) is 5. The predicted octanol–water partition coefficient (Wildman–Crippen LogP) is 0.585. The topological polar surface area (TPSA) is 172 Å². The third-order valence-electron chi connectivity index (χ3n) is 4.57. The van der Waals surface area contributed by atoms with Gasteiger partial charge in [-0.25, -0.2) is 4.79 Å². The van der Waals surface area contributed by atoms with E-state index in [4.69, 9.17) is 20.4 Å². The minimum absolute atomic E-state index is 0.177. The molecule has 0 aliphatic heterocycles. The zero-order valence-electron chi connectivity index (χ0n) is 16.9. The van der Waals surface area contributed by atoms with E-state index in [1.165, 1.54) is 18.0 Å². The van der Waals surface area contributed by atoms with Crippen molar-refractivity contribution < 1.29 is 33.8 Å². The lowest BCUT2D eigenvalue weighted by molar-refractivity contribution is -0.147. The molecule has 0 saturated heterocycles. The van der Waals surface area contributed by atoms with E-state index in [0.29, 0.717) is 11.3 Å². The van der Waals surface area contributed by atoms with Gasteiger partial charge in [-0.2, -0.15) is 11.8 Å². The number of carboxylic acid groups (broad SMARTS) is 2. The number of carbonyl (C=O) groups is 4. The number of benzene rings is 1. The number of para-hydroxylation sites is 1. The number of hydrogen-bond acceptors (Lipinski definition) is 7. The van der Waals surface area contributed by atoms with Crippen LogP contribution in [-0.2, 0) is 25.6 Å². The summed E-state index contributed by atoms with van der Waals surface area (Å²) in [6.07, 6.45) is 2.96. The van der Waals surface area contributed by atoms with Gasteiger partial charge in [0.2, 0.25) is 11.8 Å². The van der Waals surface area contributed by atoms with Crippen LogP contribution in [0.4, 0.5) is 0 Å². The normalized spacial score (nSPS) is 13.9. The first-order valence-corrected chi connectivity index (χ1v) is 10.9. The molecular formula is C20H25N3O7S. The van der Waals surface area contributed by atoms with E-state index in [9.17, 15) is 19.2 Å². The molecule has 0 aliphatic rings. The minimum atomic E-state index is -1.61. The summed E-state index contributed by atoms with van der Waals surface area (Å²) in [7, 11) is 0. The number of aliphatic carboxylic acids is 2. The van der Waals surface area contributed by atoms with Crippen molar-refractivity contribution in [1.29, 1.82) is 0 Å². The van der Waals surface area contributed by atoms with E-state index in [1.807, 2.05) is 24.5 Å². The molecule has 1 heterocycles. The highest BCUT2D eigenvalue weighted by Gasteiger charge is 2.29. The van der Waals surface area contributed by atoms with Crippen LogP contribution in [0.2, 0.25) is 0 Å². The van der Waals surface area contributed by atoms with Crippen LogP contribution in [0, 0.1) is 0 Å². The Morgan fingerprint density at radius 3 is 2.42 bits per heavy atom. The van der Waals surface area contributed by atoms with E-state index in [2.05, 4.69) is 10.6 Å². The Bertz CT molecular complexity index is 946. The number of nitrogens with two attached hydrogens (primary N) is 1. The molecule has 2 amide bonds. The summed E-state index contributed by atoms with van der Waals surface area (Å²) in [5, 5.41) is 23.5. The van der Waals surface area contributed by atoms with Gasteiger partial charge in [0, 0.05) is 17.4 Å². The van der Waals surface area contributed by atoms with Crippen LogP contribution in [0.15, 0.2) is 34.9 Å². The van der Waals surface area contributed by atoms with Crippen LogP contribution >= 0.6 is 11.8 Å². The van der Waals surface area contributed by atoms with Crippen molar-refractivity contribution in [1.82, 2.24) is 10.6 Å². The molecule has 2 aromatic rings. The second kappa shape index (κ2) is 11.4. The maximum Gasteiger partial charge on any atom is 0.326 e. The lowest BCUT2D eigenvalue weighted by Gasteiger charge is -2.22. The number of carbonyl (C=O) groups excluding carboxylic acids is 2. The fourth-order valence-corrected chi connectivity index (χ4v) is 3.42. The molecular weight excluding hydrogens is 426 g/mol. The SMILES string of the molecule is CSCCC(NC(=O)C(N)Cc1coc2ccccc12)C(=O)NC(CC(=O)O)C(=O)O. The molecule has 0 saturated carbocycles. The molecule has 31 heavy (non-hydrogen) atoms. The highest BCUT2D eigenvalue weighted by Crippen LogP contribution is 2.21. The number of nitrogens with one attached hydrogen (secondary N) is 2. The molecule has 3 atom stereocenters. The van der Waals surface area contributed by atoms with Gasteiger partial charge < -0.3 is 31.0 Å². The van der Waals surface area contributed by atoms with Gasteiger partial charge in [-0.3, -0.25) is 14.4 Å². The number of furan rings is 1. The first-order valence-electron chi connectivity index (χ1n) is 9.48. The monoisotopic (exact) mass is 451 g/mol. The molecule has 0 fully saturated rings. The zero-order chi connectivity index (χ0) is 23.0. The van der Waals surface area contributed by atoms with Crippen molar-refractivity contribution in [3.05, 3.63) is 36.1 Å². The summed E-state index contributed by atoms with van der Waals surface area (Å²) in [5.74, 6) is -3.70. The Morgan fingerprint density at radius 2 is 1.77 bits per heavy atom. The standard InChI is InChI=1S/C20H25N3O7S/c1-31-7-6-14(19(27)23-15(20(28)29)9-17(24)25)22-18(26)13(21)8-11-10-30-16-5-3-2-4-12(11)16/h2-5,10,13-15H,6-9,21H2,1H3,(H,22,26)(H,23,27)(H,24,25)(H,28,29). The summed E-state index contributed by atoms with van der Waals surface area (Å²) in [4.78, 5) is 47.2. The number of amides is 2. The van der Waals surface area contributed by atoms with Crippen LogP contribution in [-0.4, -0.2) is 64.1 Å². The Morgan fingerprint density at radius 1 is 1.10 bits per heavy atom. The first kappa shape index (κ1) is 24.2. The molecule has 0 aliphatic carbocycles. The molecule has 2 rings (SSSR count). The van der Waals surface area contributed by atoms with E-state index in [1.54, 1.807) is 6.07 Å². The summed E-state index contributed by atoms with van der Waals surface area (Å²) in [6.45, 7) is 0. The molecule has 1 aromatic carbocycles. The summed E-state index contributed by atoms with van der Waals surface area (Å²) < 4.78 is 5.44. The molecule has 0 bridgehead atoms. The lowest BCUT2D eigenvalue weighted by Crippen LogP contribution is -2.55. The molecule has 3 unspecified atom stereocenters. The summed E-state index contributed by atoms with van der Waals surface area (Å²) in [5.41, 5.74) is 7.44. The Balaban J connectivity index is 2.05. The summed E-state index contributed by atoms with van der Waals surface area (Å²) >= 11 is 1.44. The number of rotatable bonds is 12. The summed E-state index contributed by atoms with van der Waals surface area (Å²) in [6, 6.07) is 3.68. The third kappa shape index (κ3) is 7.00. The van der Waals surface area contributed by atoms with Crippen LogP contribution < -0.4 is 16.4 Å². The molecule has 1 aromatic heterocycles.